The van der Waals surface area contributed by atoms with Gasteiger partial charge in [0.25, 0.3) is 0 Å². The molecule has 0 saturated carbocycles. The Labute approximate surface area is 263 Å². The molecule has 0 saturated heterocycles. The minimum absolute atomic E-state index is 0.463. The highest BCUT2D eigenvalue weighted by molar-refractivity contribution is 6.02. The SMILES string of the molecule is Cc1ccc2c(c1)C1=C(C2)c2ccccc2C1.Cc1ccc2c(c1)c1c(n2Cc2c(F)c(F)c(F)c(F)c2F)-c2ccccc2C1. The van der Waals surface area contributed by atoms with Gasteiger partial charge in [0.2, 0.25) is 5.82 Å². The van der Waals surface area contributed by atoms with E-state index in [9.17, 15) is 22.0 Å². The minimum Gasteiger partial charge on any atom is -0.336 e. The lowest BCUT2D eigenvalue weighted by Crippen LogP contribution is -2.11. The summed E-state index contributed by atoms with van der Waals surface area (Å²) in [5.74, 6) is -9.59. The normalized spacial score (nSPS) is 13.7. The van der Waals surface area contributed by atoms with Gasteiger partial charge in [-0.3, -0.25) is 0 Å². The van der Waals surface area contributed by atoms with E-state index in [0.29, 0.717) is 11.9 Å². The van der Waals surface area contributed by atoms with Crippen LogP contribution in [0.5, 0.6) is 0 Å². The molecule has 1 heterocycles. The molecular weight excluding hydrogens is 589 g/mol. The van der Waals surface area contributed by atoms with Crippen LogP contribution < -0.4 is 0 Å². The van der Waals surface area contributed by atoms with Crippen LogP contribution in [-0.4, -0.2) is 4.57 Å². The van der Waals surface area contributed by atoms with E-state index >= 15 is 0 Å². The van der Waals surface area contributed by atoms with Gasteiger partial charge in [0, 0.05) is 28.5 Å². The predicted octanol–water partition coefficient (Wildman–Crippen LogP) is 10.3. The zero-order chi connectivity index (χ0) is 31.9. The maximum Gasteiger partial charge on any atom is 0.200 e. The van der Waals surface area contributed by atoms with Gasteiger partial charge >= 0.3 is 0 Å². The molecule has 9 rings (SSSR count). The van der Waals surface area contributed by atoms with Crippen LogP contribution in [0.1, 0.15) is 50.1 Å². The van der Waals surface area contributed by atoms with Crippen LogP contribution >= 0.6 is 0 Å². The van der Waals surface area contributed by atoms with Gasteiger partial charge in [-0.15, -0.1) is 0 Å². The second-order valence-corrected chi connectivity index (χ2v) is 12.4. The van der Waals surface area contributed by atoms with E-state index in [2.05, 4.69) is 49.4 Å². The fraction of sp³-hybridized carbons (Fsp3) is 0.150. The Morgan fingerprint density at radius 3 is 1.80 bits per heavy atom. The van der Waals surface area contributed by atoms with E-state index < -0.39 is 41.2 Å². The Kier molecular flexibility index (Phi) is 6.54. The highest BCUT2D eigenvalue weighted by Crippen LogP contribution is 2.47. The Hall–Kier alpha value is -4.97. The van der Waals surface area contributed by atoms with Gasteiger partial charge in [-0.1, -0.05) is 83.9 Å². The molecule has 0 aliphatic heterocycles. The highest BCUT2D eigenvalue weighted by atomic mass is 19.2. The van der Waals surface area contributed by atoms with Crippen molar-refractivity contribution in [2.45, 2.75) is 39.7 Å². The van der Waals surface area contributed by atoms with E-state index in [1.807, 2.05) is 49.4 Å². The van der Waals surface area contributed by atoms with Crippen LogP contribution in [-0.2, 0) is 25.8 Å². The number of halogens is 5. The largest absolute Gasteiger partial charge is 0.336 e. The number of aryl methyl sites for hydroxylation is 2. The number of rotatable bonds is 2. The van der Waals surface area contributed by atoms with Gasteiger partial charge < -0.3 is 4.57 Å². The van der Waals surface area contributed by atoms with Crippen LogP contribution in [0.15, 0.2) is 84.9 Å². The molecule has 6 aromatic rings. The summed E-state index contributed by atoms with van der Waals surface area (Å²) < 4.78 is 71.3. The summed E-state index contributed by atoms with van der Waals surface area (Å²) in [6.07, 6.45) is 2.90. The zero-order valence-electron chi connectivity index (χ0n) is 25.2. The second kappa shape index (κ2) is 10.5. The van der Waals surface area contributed by atoms with Crippen molar-refractivity contribution < 1.29 is 22.0 Å². The number of allylic oxidation sites excluding steroid dienone is 2. The summed E-state index contributed by atoms with van der Waals surface area (Å²) in [5.41, 5.74) is 15.1. The number of benzene rings is 5. The number of hydrogen-bond donors (Lipinski definition) is 0. The van der Waals surface area contributed by atoms with Crippen molar-refractivity contribution in [1.29, 1.82) is 0 Å². The van der Waals surface area contributed by atoms with E-state index in [4.69, 9.17) is 0 Å². The topological polar surface area (TPSA) is 4.93 Å². The fourth-order valence-corrected chi connectivity index (χ4v) is 7.44. The summed E-state index contributed by atoms with van der Waals surface area (Å²) in [6.45, 7) is 3.66. The molecule has 228 valence electrons. The Bertz CT molecular complexity index is 2260. The molecule has 0 spiro atoms. The first-order valence-corrected chi connectivity index (χ1v) is 15.3. The molecule has 0 unspecified atom stereocenters. The molecule has 46 heavy (non-hydrogen) atoms. The molecule has 1 aromatic heterocycles. The molecule has 0 atom stereocenters. The van der Waals surface area contributed by atoms with Crippen molar-refractivity contribution in [3.8, 4) is 11.3 Å². The Morgan fingerprint density at radius 2 is 1.09 bits per heavy atom. The molecule has 0 N–H and O–H groups in total. The minimum atomic E-state index is -2.15. The van der Waals surface area contributed by atoms with E-state index in [1.165, 1.54) is 27.8 Å². The summed E-state index contributed by atoms with van der Waals surface area (Å²) in [4.78, 5) is 0. The van der Waals surface area contributed by atoms with Gasteiger partial charge in [-0.25, -0.2) is 22.0 Å². The van der Waals surface area contributed by atoms with Crippen molar-refractivity contribution in [1.82, 2.24) is 4.57 Å². The summed E-state index contributed by atoms with van der Waals surface area (Å²) in [7, 11) is 0. The lowest BCUT2D eigenvalue weighted by atomic mass is 9.98. The first-order chi connectivity index (χ1) is 22.2. The van der Waals surface area contributed by atoms with Gasteiger partial charge in [0.1, 0.15) is 0 Å². The van der Waals surface area contributed by atoms with E-state index in [0.717, 1.165) is 46.2 Å². The molecule has 3 aliphatic carbocycles. The monoisotopic (exact) mass is 617 g/mol. The van der Waals surface area contributed by atoms with Crippen molar-refractivity contribution in [2.24, 2.45) is 0 Å². The van der Waals surface area contributed by atoms with Crippen LogP contribution in [0.2, 0.25) is 0 Å². The van der Waals surface area contributed by atoms with Crippen LogP contribution in [0, 0.1) is 42.9 Å². The first kappa shape index (κ1) is 28.5. The van der Waals surface area contributed by atoms with E-state index in [1.54, 1.807) is 15.7 Å². The second-order valence-electron chi connectivity index (χ2n) is 12.4. The van der Waals surface area contributed by atoms with Gasteiger partial charge in [0.05, 0.1) is 12.2 Å². The smallest absolute Gasteiger partial charge is 0.200 e. The number of aromatic nitrogens is 1. The standard InChI is InChI=1S/C23H14F5N.C17H14/c1-11-6-7-17-14(8-11)15-9-12-4-2-3-5-13(12)23(15)29(17)10-16-18(24)20(26)22(28)21(27)19(16)25;1-11-6-7-13-10-16-14-5-3-2-4-12(14)9-17(16)15(13)8-11/h2-8H,9-10H2,1H3;2-8H,9-10H2,1H3. The molecule has 1 nitrogen and oxygen atoms in total. The van der Waals surface area contributed by atoms with Gasteiger partial charge in [-0.05, 0) is 83.3 Å². The van der Waals surface area contributed by atoms with Crippen LogP contribution in [0.4, 0.5) is 22.0 Å². The average Bonchev–Trinajstić information content (AvgIpc) is 3.79. The molecular formula is C40H28F5N. The third-order valence-electron chi connectivity index (χ3n) is 9.61. The first-order valence-electron chi connectivity index (χ1n) is 15.3. The van der Waals surface area contributed by atoms with Gasteiger partial charge in [-0.2, -0.15) is 0 Å². The Morgan fingerprint density at radius 1 is 0.543 bits per heavy atom. The number of fused-ring (bicyclic) bond motifs is 9. The van der Waals surface area contributed by atoms with E-state index in [-0.39, 0.29) is 0 Å². The molecule has 0 amide bonds. The maximum atomic E-state index is 14.4. The number of hydrogen-bond acceptors (Lipinski definition) is 0. The molecule has 5 aromatic carbocycles. The molecule has 6 heteroatoms. The average molecular weight is 618 g/mol. The lowest BCUT2D eigenvalue weighted by molar-refractivity contribution is 0.368. The quantitative estimate of drug-likeness (QED) is 0.103. The predicted molar refractivity (Wildman–Crippen MR) is 172 cm³/mol. The lowest BCUT2D eigenvalue weighted by Gasteiger charge is -2.14. The summed E-state index contributed by atoms with van der Waals surface area (Å²) in [5, 5.41) is 0.917. The maximum absolute atomic E-state index is 14.4. The summed E-state index contributed by atoms with van der Waals surface area (Å²) >= 11 is 0. The molecule has 3 aliphatic rings. The highest BCUT2D eigenvalue weighted by Gasteiger charge is 2.31. The van der Waals surface area contributed by atoms with Crippen molar-refractivity contribution in [2.75, 3.05) is 0 Å². The summed E-state index contributed by atoms with van der Waals surface area (Å²) in [6, 6.07) is 29.0. The van der Waals surface area contributed by atoms with Crippen molar-refractivity contribution in [3.05, 3.63) is 164 Å². The molecule has 0 fully saturated rings. The van der Waals surface area contributed by atoms with Crippen LogP contribution in [0.3, 0.4) is 0 Å². The molecule has 0 radical (unpaired) electrons. The third kappa shape index (κ3) is 4.27. The molecule has 0 bridgehead atoms. The Balaban J connectivity index is 0.000000155. The van der Waals surface area contributed by atoms with Gasteiger partial charge in [0.15, 0.2) is 23.3 Å². The van der Waals surface area contributed by atoms with Crippen molar-refractivity contribution in [3.63, 3.8) is 0 Å². The third-order valence-corrected chi connectivity index (χ3v) is 9.61. The fourth-order valence-electron chi connectivity index (χ4n) is 7.44. The number of nitrogens with zero attached hydrogens (tertiary/aromatic N) is 1. The zero-order valence-corrected chi connectivity index (χ0v) is 25.2. The van der Waals surface area contributed by atoms with Crippen LogP contribution in [0.25, 0.3) is 33.3 Å². The van der Waals surface area contributed by atoms with Crippen molar-refractivity contribution >= 4 is 22.0 Å².